The summed E-state index contributed by atoms with van der Waals surface area (Å²) in [5.74, 6) is -0.254. The molecule has 1 fully saturated rings. The molecule has 6 heteroatoms. The Hall–Kier alpha value is -2.37. The maximum absolute atomic E-state index is 12.3. The number of benzene rings is 1. The summed E-state index contributed by atoms with van der Waals surface area (Å²) in [6.07, 6.45) is 7.08. The van der Waals surface area contributed by atoms with E-state index in [2.05, 4.69) is 10.6 Å². The normalized spacial score (nSPS) is 15.0. The molecular formula is C20H29N3O3. The lowest BCUT2D eigenvalue weighted by Gasteiger charge is -2.30. The number of carbonyl (C=O) groups excluding carboxylic acids is 3. The van der Waals surface area contributed by atoms with Crippen LogP contribution < -0.4 is 10.6 Å². The molecule has 0 radical (unpaired) electrons. The molecule has 0 saturated heterocycles. The van der Waals surface area contributed by atoms with Crippen LogP contribution in [0.1, 0.15) is 58.8 Å². The van der Waals surface area contributed by atoms with Gasteiger partial charge in [0.1, 0.15) is 0 Å². The minimum Gasteiger partial charge on any atom is -0.339 e. The van der Waals surface area contributed by atoms with Crippen molar-refractivity contribution >= 4 is 29.1 Å². The van der Waals surface area contributed by atoms with Gasteiger partial charge in [-0.1, -0.05) is 31.7 Å². The fourth-order valence-corrected chi connectivity index (χ4v) is 3.49. The van der Waals surface area contributed by atoms with Crippen LogP contribution in [0.5, 0.6) is 0 Å². The summed E-state index contributed by atoms with van der Waals surface area (Å²) in [5, 5.41) is 5.53. The Kier molecular flexibility index (Phi) is 7.63. The quantitative estimate of drug-likeness (QED) is 0.763. The summed E-state index contributed by atoms with van der Waals surface area (Å²) in [4.78, 5) is 37.3. The molecule has 0 aliphatic heterocycles. The fourth-order valence-electron chi connectivity index (χ4n) is 3.49. The van der Waals surface area contributed by atoms with Gasteiger partial charge < -0.3 is 15.5 Å². The highest BCUT2D eigenvalue weighted by atomic mass is 16.2. The molecule has 2 rings (SSSR count). The van der Waals surface area contributed by atoms with E-state index in [1.54, 1.807) is 31.2 Å². The van der Waals surface area contributed by atoms with Crippen molar-refractivity contribution in [1.82, 2.24) is 4.90 Å². The Labute approximate surface area is 155 Å². The van der Waals surface area contributed by atoms with Crippen molar-refractivity contribution < 1.29 is 14.4 Å². The van der Waals surface area contributed by atoms with Crippen LogP contribution in [-0.2, 0) is 14.4 Å². The number of hydrogen-bond acceptors (Lipinski definition) is 3. The van der Waals surface area contributed by atoms with Crippen LogP contribution in [0.15, 0.2) is 24.3 Å². The molecule has 2 N–H and O–H groups in total. The second kappa shape index (κ2) is 9.94. The average Bonchev–Trinajstić information content (AvgIpc) is 2.83. The van der Waals surface area contributed by atoms with Gasteiger partial charge in [0.15, 0.2) is 0 Å². The Bertz CT molecular complexity index is 637. The molecule has 0 spiro atoms. The van der Waals surface area contributed by atoms with E-state index in [1.165, 1.54) is 19.8 Å². The first-order valence-corrected chi connectivity index (χ1v) is 9.40. The Balaban J connectivity index is 1.89. The lowest BCUT2D eigenvalue weighted by atomic mass is 10.1. The van der Waals surface area contributed by atoms with Gasteiger partial charge in [0, 0.05) is 44.2 Å². The van der Waals surface area contributed by atoms with Gasteiger partial charge in [-0.3, -0.25) is 14.4 Å². The van der Waals surface area contributed by atoms with Crippen LogP contribution in [-0.4, -0.2) is 35.2 Å². The molecule has 0 aromatic heterocycles. The molecule has 142 valence electrons. The summed E-state index contributed by atoms with van der Waals surface area (Å²) >= 11 is 0. The largest absolute Gasteiger partial charge is 0.339 e. The maximum Gasteiger partial charge on any atom is 0.226 e. The van der Waals surface area contributed by atoms with E-state index >= 15 is 0 Å². The summed E-state index contributed by atoms with van der Waals surface area (Å²) in [7, 11) is 0. The summed E-state index contributed by atoms with van der Waals surface area (Å²) in [6, 6.07) is 7.28. The van der Waals surface area contributed by atoms with Gasteiger partial charge in [-0.2, -0.15) is 0 Å². The predicted molar refractivity (Wildman–Crippen MR) is 103 cm³/mol. The van der Waals surface area contributed by atoms with Crippen LogP contribution in [0.25, 0.3) is 0 Å². The number of carbonyl (C=O) groups is 3. The SMILES string of the molecule is CC(=O)Nc1cccc(NC(=O)CCN(C(C)=O)C2CCCCCC2)c1. The molecule has 1 aromatic carbocycles. The molecule has 0 unspecified atom stereocenters. The van der Waals surface area contributed by atoms with Crippen molar-refractivity contribution in [2.24, 2.45) is 0 Å². The van der Waals surface area contributed by atoms with Crippen LogP contribution in [0.2, 0.25) is 0 Å². The highest BCUT2D eigenvalue weighted by Crippen LogP contribution is 2.22. The molecule has 0 heterocycles. The van der Waals surface area contributed by atoms with Crippen molar-refractivity contribution in [1.29, 1.82) is 0 Å². The summed E-state index contributed by atoms with van der Waals surface area (Å²) < 4.78 is 0. The van der Waals surface area contributed by atoms with Gasteiger partial charge in [0.2, 0.25) is 17.7 Å². The molecule has 6 nitrogen and oxygen atoms in total. The summed E-state index contributed by atoms with van der Waals surface area (Å²) in [6.45, 7) is 3.46. The topological polar surface area (TPSA) is 78.5 Å². The lowest BCUT2D eigenvalue weighted by molar-refractivity contribution is -0.132. The molecule has 1 aliphatic carbocycles. The number of hydrogen-bond donors (Lipinski definition) is 2. The zero-order valence-electron chi connectivity index (χ0n) is 15.7. The van der Waals surface area contributed by atoms with Crippen molar-refractivity contribution in [2.45, 2.75) is 64.8 Å². The lowest BCUT2D eigenvalue weighted by Crippen LogP contribution is -2.40. The van der Waals surface area contributed by atoms with Crippen molar-refractivity contribution in [3.05, 3.63) is 24.3 Å². The standard InChI is InChI=1S/C20H29N3O3/c1-15(24)21-17-8-7-9-18(14-17)22-20(26)12-13-23(16(2)25)19-10-5-3-4-6-11-19/h7-9,14,19H,3-6,10-13H2,1-2H3,(H,21,24)(H,22,26). The Morgan fingerprint density at radius 2 is 1.62 bits per heavy atom. The first-order chi connectivity index (χ1) is 12.5. The second-order valence-corrected chi connectivity index (χ2v) is 6.92. The van der Waals surface area contributed by atoms with Crippen LogP contribution in [0, 0.1) is 0 Å². The van der Waals surface area contributed by atoms with E-state index in [9.17, 15) is 14.4 Å². The van der Waals surface area contributed by atoms with Gasteiger partial charge >= 0.3 is 0 Å². The number of nitrogens with zero attached hydrogens (tertiary/aromatic N) is 1. The smallest absolute Gasteiger partial charge is 0.226 e. The third-order valence-electron chi connectivity index (χ3n) is 4.72. The zero-order valence-corrected chi connectivity index (χ0v) is 15.7. The van der Waals surface area contributed by atoms with E-state index < -0.39 is 0 Å². The van der Waals surface area contributed by atoms with Crippen LogP contribution >= 0.6 is 0 Å². The van der Waals surface area contributed by atoms with E-state index in [4.69, 9.17) is 0 Å². The van der Waals surface area contributed by atoms with Gasteiger partial charge in [-0.25, -0.2) is 0 Å². The zero-order chi connectivity index (χ0) is 18.9. The molecule has 1 saturated carbocycles. The molecule has 3 amide bonds. The first kappa shape index (κ1) is 19.9. The highest BCUT2D eigenvalue weighted by Gasteiger charge is 2.22. The molecule has 0 atom stereocenters. The highest BCUT2D eigenvalue weighted by molar-refractivity contribution is 5.93. The monoisotopic (exact) mass is 359 g/mol. The third kappa shape index (κ3) is 6.50. The number of amides is 3. The van der Waals surface area contributed by atoms with Crippen LogP contribution in [0.4, 0.5) is 11.4 Å². The molecular weight excluding hydrogens is 330 g/mol. The van der Waals surface area contributed by atoms with E-state index in [0.29, 0.717) is 17.9 Å². The average molecular weight is 359 g/mol. The number of nitrogens with one attached hydrogen (secondary N) is 2. The molecule has 1 aromatic rings. The van der Waals surface area contributed by atoms with Gasteiger partial charge in [0.25, 0.3) is 0 Å². The maximum atomic E-state index is 12.3. The Morgan fingerprint density at radius 3 is 2.19 bits per heavy atom. The molecule has 0 bridgehead atoms. The minimum atomic E-state index is -0.158. The van der Waals surface area contributed by atoms with Crippen molar-refractivity contribution in [3.63, 3.8) is 0 Å². The van der Waals surface area contributed by atoms with E-state index in [-0.39, 0.29) is 30.2 Å². The Morgan fingerprint density at radius 1 is 1.00 bits per heavy atom. The van der Waals surface area contributed by atoms with E-state index in [0.717, 1.165) is 25.7 Å². The van der Waals surface area contributed by atoms with Gasteiger partial charge in [-0.15, -0.1) is 0 Å². The van der Waals surface area contributed by atoms with E-state index in [1.807, 2.05) is 4.90 Å². The molecule has 1 aliphatic rings. The van der Waals surface area contributed by atoms with Crippen molar-refractivity contribution in [2.75, 3.05) is 17.2 Å². The fraction of sp³-hybridized carbons (Fsp3) is 0.550. The third-order valence-corrected chi connectivity index (χ3v) is 4.72. The van der Waals surface area contributed by atoms with Crippen LogP contribution in [0.3, 0.4) is 0 Å². The van der Waals surface area contributed by atoms with Crippen molar-refractivity contribution in [3.8, 4) is 0 Å². The summed E-state index contributed by atoms with van der Waals surface area (Å²) in [5.41, 5.74) is 1.27. The molecule has 26 heavy (non-hydrogen) atoms. The van der Waals surface area contributed by atoms with Gasteiger partial charge in [-0.05, 0) is 31.0 Å². The number of rotatable bonds is 6. The number of anilines is 2. The van der Waals surface area contributed by atoms with Gasteiger partial charge in [0.05, 0.1) is 0 Å². The first-order valence-electron chi connectivity index (χ1n) is 9.40. The second-order valence-electron chi connectivity index (χ2n) is 6.92. The minimum absolute atomic E-state index is 0.0392. The predicted octanol–water partition coefficient (Wildman–Crippen LogP) is 3.54.